The van der Waals surface area contributed by atoms with Crippen LogP contribution in [0.2, 0.25) is 0 Å². The Morgan fingerprint density at radius 2 is 1.91 bits per heavy atom. The van der Waals surface area contributed by atoms with Crippen LogP contribution in [0.1, 0.15) is 16.8 Å². The molecule has 160 valence electrons. The van der Waals surface area contributed by atoms with Crippen molar-refractivity contribution in [3.8, 4) is 22.6 Å². The largest absolute Gasteiger partial charge is 0.306 e. The second kappa shape index (κ2) is 8.35. The molecule has 0 spiro atoms. The summed E-state index contributed by atoms with van der Waals surface area (Å²) in [5.41, 5.74) is 3.55. The Bertz CT molecular complexity index is 1320. The van der Waals surface area contributed by atoms with Crippen molar-refractivity contribution >= 4 is 0 Å². The molecule has 1 aromatic carbocycles. The minimum absolute atomic E-state index is 0.168. The molecule has 1 N–H and O–H groups in total. The molecule has 1 aliphatic heterocycles. The highest BCUT2D eigenvalue weighted by Crippen LogP contribution is 2.23. The molecule has 0 saturated heterocycles. The van der Waals surface area contributed by atoms with E-state index in [0.29, 0.717) is 42.2 Å². The van der Waals surface area contributed by atoms with Gasteiger partial charge < -0.3 is 4.98 Å². The van der Waals surface area contributed by atoms with Crippen molar-refractivity contribution < 1.29 is 8.78 Å². The van der Waals surface area contributed by atoms with Gasteiger partial charge in [-0.15, -0.1) is 0 Å². The molecule has 5 rings (SSSR count). The lowest BCUT2D eigenvalue weighted by molar-refractivity contribution is 0.241. The topological polar surface area (TPSA) is 87.7 Å². The molecule has 3 aromatic heterocycles. The lowest BCUT2D eigenvalue weighted by atomic mass is 10.1. The number of benzene rings is 1. The van der Waals surface area contributed by atoms with E-state index in [-0.39, 0.29) is 11.1 Å². The summed E-state index contributed by atoms with van der Waals surface area (Å²) in [5, 5.41) is 0. The summed E-state index contributed by atoms with van der Waals surface area (Å²) >= 11 is 0. The second-order valence-corrected chi connectivity index (χ2v) is 7.60. The fraction of sp³-hybridized carbons (Fsp3) is 0.174. The average molecular weight is 432 g/mol. The fourth-order valence-electron chi connectivity index (χ4n) is 3.81. The van der Waals surface area contributed by atoms with Crippen molar-refractivity contribution in [3.63, 3.8) is 0 Å². The number of fused-ring (bicyclic) bond motifs is 1. The van der Waals surface area contributed by atoms with Gasteiger partial charge in [0.15, 0.2) is 0 Å². The van der Waals surface area contributed by atoms with E-state index in [0.717, 1.165) is 23.9 Å². The molecule has 9 heteroatoms. The summed E-state index contributed by atoms with van der Waals surface area (Å²) < 4.78 is 27.1. The summed E-state index contributed by atoms with van der Waals surface area (Å²) in [6.45, 7) is 1.80. The zero-order valence-corrected chi connectivity index (χ0v) is 16.9. The zero-order chi connectivity index (χ0) is 22.1. The Hall–Kier alpha value is -3.85. The molecule has 0 saturated carbocycles. The third-order valence-corrected chi connectivity index (χ3v) is 5.42. The number of H-pyrrole nitrogens is 1. The Kier molecular flexibility index (Phi) is 5.24. The van der Waals surface area contributed by atoms with E-state index in [4.69, 9.17) is 0 Å². The minimum Gasteiger partial charge on any atom is -0.306 e. The highest BCUT2D eigenvalue weighted by Gasteiger charge is 2.22. The molecule has 1 aliphatic rings. The number of pyridine rings is 1. The van der Waals surface area contributed by atoms with Crippen molar-refractivity contribution in [2.24, 2.45) is 0 Å². The fourth-order valence-corrected chi connectivity index (χ4v) is 3.81. The van der Waals surface area contributed by atoms with E-state index in [2.05, 4.69) is 29.8 Å². The number of nitrogens with one attached hydrogen (secondary N) is 1. The molecule has 0 unspecified atom stereocenters. The Morgan fingerprint density at radius 1 is 1.06 bits per heavy atom. The van der Waals surface area contributed by atoms with Crippen molar-refractivity contribution in [1.82, 2.24) is 29.8 Å². The lowest BCUT2D eigenvalue weighted by Crippen LogP contribution is -2.35. The van der Waals surface area contributed by atoms with Crippen molar-refractivity contribution in [1.29, 1.82) is 0 Å². The van der Waals surface area contributed by atoms with E-state index in [1.807, 2.05) is 6.07 Å². The van der Waals surface area contributed by atoms with Gasteiger partial charge in [-0.3, -0.25) is 14.7 Å². The van der Waals surface area contributed by atoms with E-state index in [1.54, 1.807) is 24.7 Å². The molecule has 0 atom stereocenters. The van der Waals surface area contributed by atoms with E-state index < -0.39 is 11.6 Å². The van der Waals surface area contributed by atoms with Crippen LogP contribution in [0.25, 0.3) is 22.6 Å². The molecule has 0 aliphatic carbocycles. The number of hydrogen-bond donors (Lipinski definition) is 1. The number of rotatable bonds is 4. The summed E-state index contributed by atoms with van der Waals surface area (Å²) in [4.78, 5) is 34.5. The third-order valence-electron chi connectivity index (χ3n) is 5.42. The average Bonchev–Trinajstić information content (AvgIpc) is 2.81. The van der Waals surface area contributed by atoms with Crippen LogP contribution in [0.5, 0.6) is 0 Å². The van der Waals surface area contributed by atoms with Gasteiger partial charge in [-0.25, -0.2) is 23.7 Å². The molecule has 4 heterocycles. The molecule has 0 fully saturated rings. The number of halogens is 2. The summed E-state index contributed by atoms with van der Waals surface area (Å²) in [5.74, 6) is -0.802. The van der Waals surface area contributed by atoms with Gasteiger partial charge in [0.2, 0.25) is 0 Å². The highest BCUT2D eigenvalue weighted by atomic mass is 19.1. The van der Waals surface area contributed by atoms with Crippen LogP contribution < -0.4 is 5.56 Å². The van der Waals surface area contributed by atoms with E-state index in [1.165, 1.54) is 18.5 Å². The van der Waals surface area contributed by atoms with E-state index in [9.17, 15) is 13.6 Å². The molecular formula is C23H18F2N6O. The van der Waals surface area contributed by atoms with E-state index >= 15 is 0 Å². The van der Waals surface area contributed by atoms with Crippen LogP contribution in [0.3, 0.4) is 0 Å². The normalized spacial score (nSPS) is 13.7. The molecule has 0 radical (unpaired) electrons. The monoisotopic (exact) mass is 432 g/mol. The maximum atomic E-state index is 14.0. The predicted octanol–water partition coefficient (Wildman–Crippen LogP) is 3.13. The van der Waals surface area contributed by atoms with Crippen LogP contribution in [-0.2, 0) is 19.5 Å². The van der Waals surface area contributed by atoms with Crippen LogP contribution >= 0.6 is 0 Å². The lowest BCUT2D eigenvalue weighted by Gasteiger charge is -2.27. The SMILES string of the molecule is O=c1[nH]c(-c2cncnc2)nc2c1CN(Cc1ccc(-c3ccc(F)cc3F)nc1)CC2. The van der Waals surface area contributed by atoms with Crippen molar-refractivity contribution in [2.75, 3.05) is 6.54 Å². The Labute approximate surface area is 181 Å². The first-order valence-electron chi connectivity index (χ1n) is 10.1. The number of hydrogen-bond acceptors (Lipinski definition) is 6. The van der Waals surface area contributed by atoms with Gasteiger partial charge in [-0.1, -0.05) is 6.07 Å². The van der Waals surface area contributed by atoms with Crippen LogP contribution in [0, 0.1) is 11.6 Å². The maximum Gasteiger partial charge on any atom is 0.255 e. The first-order chi connectivity index (χ1) is 15.6. The summed E-state index contributed by atoms with van der Waals surface area (Å²) in [6, 6.07) is 7.01. The van der Waals surface area contributed by atoms with Gasteiger partial charge in [-0.2, -0.15) is 0 Å². The quantitative estimate of drug-likeness (QED) is 0.533. The van der Waals surface area contributed by atoms with Crippen LogP contribution in [0.4, 0.5) is 8.78 Å². The highest BCUT2D eigenvalue weighted by molar-refractivity contribution is 5.59. The first-order valence-corrected chi connectivity index (χ1v) is 10.1. The molecule has 0 bridgehead atoms. The first kappa shape index (κ1) is 20.1. The van der Waals surface area contributed by atoms with Crippen molar-refractivity contribution in [2.45, 2.75) is 19.5 Å². The zero-order valence-electron chi connectivity index (χ0n) is 16.9. The molecule has 32 heavy (non-hydrogen) atoms. The smallest absolute Gasteiger partial charge is 0.255 e. The summed E-state index contributed by atoms with van der Waals surface area (Å²) in [6.07, 6.45) is 6.97. The second-order valence-electron chi connectivity index (χ2n) is 7.60. The third kappa shape index (κ3) is 4.02. The number of aromatic amines is 1. The standard InChI is InChI=1S/C23H18F2N6O/c24-16-2-3-17(19(25)7-16)20-4-1-14(8-28-20)11-31-6-5-21-18(12-31)23(32)30-22(29-21)15-9-26-13-27-10-15/h1-4,7-10,13H,5-6,11-12H2,(H,29,30,32). The summed E-state index contributed by atoms with van der Waals surface area (Å²) in [7, 11) is 0. The minimum atomic E-state index is -0.647. The number of nitrogens with zero attached hydrogens (tertiary/aromatic N) is 5. The van der Waals surface area contributed by atoms with Crippen LogP contribution in [0.15, 0.2) is 60.0 Å². The number of aromatic nitrogens is 5. The van der Waals surface area contributed by atoms with Gasteiger partial charge in [0.25, 0.3) is 5.56 Å². The molecule has 0 amide bonds. The van der Waals surface area contributed by atoms with Crippen molar-refractivity contribution in [3.05, 3.63) is 94.1 Å². The van der Waals surface area contributed by atoms with Gasteiger partial charge in [-0.05, 0) is 23.8 Å². The van der Waals surface area contributed by atoms with Gasteiger partial charge in [0.1, 0.15) is 23.8 Å². The molecule has 7 nitrogen and oxygen atoms in total. The Balaban J connectivity index is 1.32. The van der Waals surface area contributed by atoms with Gasteiger partial charge >= 0.3 is 0 Å². The van der Waals surface area contributed by atoms with Crippen LogP contribution in [-0.4, -0.2) is 36.4 Å². The molecular weight excluding hydrogens is 414 g/mol. The van der Waals surface area contributed by atoms with Gasteiger partial charge in [0, 0.05) is 56.3 Å². The predicted molar refractivity (Wildman–Crippen MR) is 113 cm³/mol. The maximum absolute atomic E-state index is 14.0. The van der Waals surface area contributed by atoms with Gasteiger partial charge in [0.05, 0.1) is 22.5 Å². The Morgan fingerprint density at radius 3 is 2.66 bits per heavy atom. The molecule has 4 aromatic rings.